The molecule has 0 aliphatic heterocycles. The molecule has 21 heavy (non-hydrogen) atoms. The van der Waals surface area contributed by atoms with Crippen molar-refractivity contribution < 1.29 is 4.74 Å². The van der Waals surface area contributed by atoms with Gasteiger partial charge in [-0.1, -0.05) is 56.5 Å². The van der Waals surface area contributed by atoms with Crippen LogP contribution < -0.4 is 10.5 Å². The van der Waals surface area contributed by atoms with Crippen molar-refractivity contribution in [3.05, 3.63) is 29.3 Å². The largest absolute Gasteiger partial charge is 0.489 e. The second kappa shape index (κ2) is 9.32. The fourth-order valence-corrected chi connectivity index (χ4v) is 3.15. The molecule has 0 bridgehead atoms. The molecule has 2 atom stereocenters. The Morgan fingerprint density at radius 1 is 0.810 bits per heavy atom. The molecule has 1 aromatic carbocycles. The van der Waals surface area contributed by atoms with E-state index in [0.717, 1.165) is 23.6 Å². The van der Waals surface area contributed by atoms with Crippen LogP contribution in [0.2, 0.25) is 5.02 Å². The lowest BCUT2D eigenvalue weighted by molar-refractivity contribution is 0.150. The van der Waals surface area contributed by atoms with Crippen LogP contribution in [-0.4, -0.2) is 12.1 Å². The summed E-state index contributed by atoms with van der Waals surface area (Å²) in [7, 11) is 0. The van der Waals surface area contributed by atoms with Crippen LogP contribution in [0, 0.1) is 0 Å². The average Bonchev–Trinajstić information content (AvgIpc) is 2.48. The van der Waals surface area contributed by atoms with Crippen LogP contribution in [0.1, 0.15) is 64.2 Å². The lowest BCUT2D eigenvalue weighted by Gasteiger charge is -2.26. The minimum Gasteiger partial charge on any atom is -0.489 e. The molecule has 3 heteroatoms. The number of ether oxygens (including phenoxy) is 1. The molecular weight excluding hydrogens is 282 g/mol. The average molecular weight is 310 g/mol. The summed E-state index contributed by atoms with van der Waals surface area (Å²) < 4.78 is 6.14. The van der Waals surface area contributed by atoms with Gasteiger partial charge in [0.25, 0.3) is 0 Å². The molecule has 2 nitrogen and oxygen atoms in total. The van der Waals surface area contributed by atoms with Gasteiger partial charge in [-0.05, 0) is 43.5 Å². The molecule has 0 amide bonds. The van der Waals surface area contributed by atoms with Crippen molar-refractivity contribution in [1.29, 1.82) is 0 Å². The van der Waals surface area contributed by atoms with Crippen LogP contribution in [-0.2, 0) is 0 Å². The topological polar surface area (TPSA) is 35.2 Å². The summed E-state index contributed by atoms with van der Waals surface area (Å²) in [6.45, 7) is 0. The van der Waals surface area contributed by atoms with Gasteiger partial charge in [-0.2, -0.15) is 0 Å². The van der Waals surface area contributed by atoms with Crippen molar-refractivity contribution in [3.8, 4) is 5.75 Å². The van der Waals surface area contributed by atoms with Crippen LogP contribution >= 0.6 is 11.6 Å². The van der Waals surface area contributed by atoms with Gasteiger partial charge in [-0.3, -0.25) is 0 Å². The number of rotatable bonds is 2. The third kappa shape index (κ3) is 6.27. The van der Waals surface area contributed by atoms with E-state index in [-0.39, 0.29) is 12.1 Å². The van der Waals surface area contributed by atoms with Crippen molar-refractivity contribution in [2.45, 2.75) is 76.4 Å². The van der Waals surface area contributed by atoms with E-state index in [2.05, 4.69) is 0 Å². The molecule has 1 aromatic rings. The highest BCUT2D eigenvalue weighted by Gasteiger charge is 2.19. The lowest BCUT2D eigenvalue weighted by Crippen LogP contribution is -2.39. The molecule has 0 saturated heterocycles. The van der Waals surface area contributed by atoms with Crippen LogP contribution in [0.15, 0.2) is 24.3 Å². The van der Waals surface area contributed by atoms with Crippen molar-refractivity contribution in [2.24, 2.45) is 5.73 Å². The van der Waals surface area contributed by atoms with Gasteiger partial charge >= 0.3 is 0 Å². The molecule has 2 rings (SSSR count). The lowest BCUT2D eigenvalue weighted by atomic mass is 9.96. The summed E-state index contributed by atoms with van der Waals surface area (Å²) in [6.07, 6.45) is 12.8. The Bertz CT molecular complexity index is 393. The Hall–Kier alpha value is -0.730. The fraction of sp³-hybridized carbons (Fsp3) is 0.667. The first-order valence-electron chi connectivity index (χ1n) is 8.43. The molecule has 1 aliphatic rings. The first kappa shape index (κ1) is 16.6. The molecule has 0 heterocycles. The molecule has 0 radical (unpaired) electrons. The van der Waals surface area contributed by atoms with Crippen molar-refractivity contribution in [1.82, 2.24) is 0 Å². The van der Waals surface area contributed by atoms with Gasteiger partial charge < -0.3 is 10.5 Å². The molecule has 0 spiro atoms. The quantitative estimate of drug-likeness (QED) is 0.801. The minimum atomic E-state index is 0.130. The second-order valence-electron chi connectivity index (χ2n) is 6.18. The zero-order valence-electron chi connectivity index (χ0n) is 12.9. The molecule has 118 valence electrons. The number of nitrogens with two attached hydrogens (primary N) is 1. The minimum absolute atomic E-state index is 0.130. The van der Waals surface area contributed by atoms with Gasteiger partial charge in [0.2, 0.25) is 0 Å². The number of benzene rings is 1. The van der Waals surface area contributed by atoms with Crippen LogP contribution in [0.3, 0.4) is 0 Å². The van der Waals surface area contributed by atoms with Crippen LogP contribution in [0.4, 0.5) is 0 Å². The molecule has 1 saturated carbocycles. The highest BCUT2D eigenvalue weighted by atomic mass is 35.5. The van der Waals surface area contributed by atoms with Crippen molar-refractivity contribution >= 4 is 11.6 Å². The normalized spacial score (nSPS) is 25.6. The van der Waals surface area contributed by atoms with Crippen LogP contribution in [0.5, 0.6) is 5.75 Å². The van der Waals surface area contributed by atoms with E-state index in [9.17, 15) is 0 Å². The maximum Gasteiger partial charge on any atom is 0.119 e. The van der Waals surface area contributed by atoms with Gasteiger partial charge in [0.05, 0.1) is 0 Å². The zero-order chi connectivity index (χ0) is 14.9. The predicted octanol–water partition coefficient (Wildman–Crippen LogP) is 5.33. The Balaban J connectivity index is 1.92. The van der Waals surface area contributed by atoms with Gasteiger partial charge in [0, 0.05) is 11.1 Å². The number of hydrogen-bond acceptors (Lipinski definition) is 2. The van der Waals surface area contributed by atoms with E-state index in [0.29, 0.717) is 0 Å². The van der Waals surface area contributed by atoms with Gasteiger partial charge in [0.15, 0.2) is 0 Å². The van der Waals surface area contributed by atoms with E-state index >= 15 is 0 Å². The highest BCUT2D eigenvalue weighted by Crippen LogP contribution is 2.22. The van der Waals surface area contributed by atoms with Gasteiger partial charge in [0.1, 0.15) is 11.9 Å². The van der Waals surface area contributed by atoms with Gasteiger partial charge in [-0.25, -0.2) is 0 Å². The molecule has 1 fully saturated rings. The van der Waals surface area contributed by atoms with Crippen molar-refractivity contribution in [3.63, 3.8) is 0 Å². The summed E-state index contributed by atoms with van der Waals surface area (Å²) in [5, 5.41) is 0.741. The maximum absolute atomic E-state index is 6.39. The van der Waals surface area contributed by atoms with E-state index in [1.807, 2.05) is 24.3 Å². The molecule has 1 aliphatic carbocycles. The first-order chi connectivity index (χ1) is 10.3. The molecule has 0 aromatic heterocycles. The maximum atomic E-state index is 6.39. The Kier molecular flexibility index (Phi) is 7.38. The third-order valence-corrected chi connectivity index (χ3v) is 4.61. The van der Waals surface area contributed by atoms with E-state index in [1.165, 1.54) is 51.4 Å². The Morgan fingerprint density at radius 3 is 1.95 bits per heavy atom. The monoisotopic (exact) mass is 309 g/mol. The predicted molar refractivity (Wildman–Crippen MR) is 90.0 cm³/mol. The Labute approximate surface area is 134 Å². The third-order valence-electron chi connectivity index (χ3n) is 4.35. The van der Waals surface area contributed by atoms with E-state index < -0.39 is 0 Å². The summed E-state index contributed by atoms with van der Waals surface area (Å²) in [4.78, 5) is 0. The fourth-order valence-electron chi connectivity index (χ4n) is 3.02. The molecular formula is C18H28ClNO. The highest BCUT2D eigenvalue weighted by molar-refractivity contribution is 6.30. The summed E-state index contributed by atoms with van der Waals surface area (Å²) in [6, 6.07) is 7.76. The van der Waals surface area contributed by atoms with E-state index in [4.69, 9.17) is 22.1 Å². The summed E-state index contributed by atoms with van der Waals surface area (Å²) in [5.74, 6) is 0.881. The summed E-state index contributed by atoms with van der Waals surface area (Å²) in [5.41, 5.74) is 6.39. The van der Waals surface area contributed by atoms with Crippen molar-refractivity contribution in [2.75, 3.05) is 0 Å². The molecule has 2 N–H and O–H groups in total. The first-order valence-corrected chi connectivity index (χ1v) is 8.81. The zero-order valence-corrected chi connectivity index (χ0v) is 13.7. The Morgan fingerprint density at radius 2 is 1.33 bits per heavy atom. The van der Waals surface area contributed by atoms with Crippen LogP contribution in [0.25, 0.3) is 0 Å². The number of hydrogen-bond donors (Lipinski definition) is 1. The van der Waals surface area contributed by atoms with Gasteiger partial charge in [-0.15, -0.1) is 0 Å². The standard InChI is InChI=1S/C18H28ClNO/c19-15-11-13-16(14-12-15)21-18-10-8-6-4-2-1-3-5-7-9-17(18)20/h11-14,17-18H,1-10,20H2. The second-order valence-corrected chi connectivity index (χ2v) is 6.62. The smallest absolute Gasteiger partial charge is 0.119 e. The molecule has 2 unspecified atom stereocenters. The number of halogens is 1. The SMILES string of the molecule is NC1CCCCCCCCCCC1Oc1ccc(Cl)cc1. The van der Waals surface area contributed by atoms with E-state index in [1.54, 1.807) is 0 Å². The summed E-state index contributed by atoms with van der Waals surface area (Å²) >= 11 is 5.92.